The van der Waals surface area contributed by atoms with E-state index < -0.39 is 5.60 Å². The van der Waals surface area contributed by atoms with Gasteiger partial charge >= 0.3 is 6.09 Å². The van der Waals surface area contributed by atoms with Gasteiger partial charge < -0.3 is 15.4 Å². The van der Waals surface area contributed by atoms with Crippen molar-refractivity contribution in [3.05, 3.63) is 30.3 Å². The van der Waals surface area contributed by atoms with E-state index in [2.05, 4.69) is 12.1 Å². The fourth-order valence-corrected chi connectivity index (χ4v) is 3.67. The monoisotopic (exact) mass is 336 g/mol. The molecule has 0 aromatic heterocycles. The fraction of sp³-hybridized carbons (Fsp3) is 0.611. The van der Waals surface area contributed by atoms with E-state index in [9.17, 15) is 4.79 Å². The maximum absolute atomic E-state index is 12.3. The summed E-state index contributed by atoms with van der Waals surface area (Å²) in [4.78, 5) is 15.4. The molecule has 0 radical (unpaired) electrons. The van der Waals surface area contributed by atoms with E-state index in [0.29, 0.717) is 0 Å². The van der Waals surface area contributed by atoms with Crippen molar-refractivity contribution >= 4 is 17.9 Å². The third-order valence-corrected chi connectivity index (χ3v) is 4.99. The summed E-state index contributed by atoms with van der Waals surface area (Å²) >= 11 is 1.77. The third-order valence-electron chi connectivity index (χ3n) is 3.79. The van der Waals surface area contributed by atoms with E-state index in [1.165, 1.54) is 4.90 Å². The Morgan fingerprint density at radius 2 is 2.09 bits per heavy atom. The standard InChI is InChI=1S/C18H28N2O2S/c1-18(2,3)22-17(21)20-11-7-8-15(20)12-14(19)13-23-16-9-5-4-6-10-16/h4-6,9-10,14-15H,7-8,11-13,19H2,1-3H3/t14-,15+/m1/s1. The highest BCUT2D eigenvalue weighted by Crippen LogP contribution is 2.25. The van der Waals surface area contributed by atoms with E-state index >= 15 is 0 Å². The van der Waals surface area contributed by atoms with Crippen molar-refractivity contribution in [3.63, 3.8) is 0 Å². The summed E-state index contributed by atoms with van der Waals surface area (Å²) in [5.41, 5.74) is 5.84. The number of rotatable bonds is 5. The van der Waals surface area contributed by atoms with E-state index in [0.717, 1.165) is 31.6 Å². The second-order valence-corrected chi connectivity index (χ2v) is 8.18. The molecule has 1 saturated heterocycles. The van der Waals surface area contributed by atoms with Crippen LogP contribution in [0.1, 0.15) is 40.0 Å². The van der Waals surface area contributed by atoms with E-state index in [1.807, 2.05) is 43.9 Å². The van der Waals surface area contributed by atoms with Crippen LogP contribution in [0.15, 0.2) is 35.2 Å². The number of ether oxygens (including phenoxy) is 1. The van der Waals surface area contributed by atoms with Crippen molar-refractivity contribution in [3.8, 4) is 0 Å². The summed E-state index contributed by atoms with van der Waals surface area (Å²) in [5, 5.41) is 0. The molecule has 5 heteroatoms. The third kappa shape index (κ3) is 6.07. The highest BCUT2D eigenvalue weighted by molar-refractivity contribution is 7.99. The molecule has 0 saturated carbocycles. The average molecular weight is 337 g/mol. The number of benzene rings is 1. The molecule has 2 atom stereocenters. The van der Waals surface area contributed by atoms with Crippen LogP contribution >= 0.6 is 11.8 Å². The smallest absolute Gasteiger partial charge is 0.410 e. The normalized spacial score (nSPS) is 19.7. The molecule has 4 nitrogen and oxygen atoms in total. The molecule has 128 valence electrons. The van der Waals surface area contributed by atoms with Crippen LogP contribution in [0.25, 0.3) is 0 Å². The minimum Gasteiger partial charge on any atom is -0.444 e. The number of amides is 1. The topological polar surface area (TPSA) is 55.6 Å². The maximum atomic E-state index is 12.3. The number of nitrogens with zero attached hydrogens (tertiary/aromatic N) is 1. The number of likely N-dealkylation sites (tertiary alicyclic amines) is 1. The van der Waals surface area contributed by atoms with Gasteiger partial charge in [-0.3, -0.25) is 0 Å². The molecular formula is C18H28N2O2S. The number of nitrogens with two attached hydrogens (primary N) is 1. The van der Waals surface area contributed by atoms with Gasteiger partial charge in [0.25, 0.3) is 0 Å². The predicted molar refractivity (Wildman–Crippen MR) is 95.7 cm³/mol. The zero-order valence-electron chi connectivity index (χ0n) is 14.3. The van der Waals surface area contributed by atoms with Crippen molar-refractivity contribution in [1.29, 1.82) is 0 Å². The van der Waals surface area contributed by atoms with Gasteiger partial charge in [-0.1, -0.05) is 18.2 Å². The average Bonchev–Trinajstić information content (AvgIpc) is 2.93. The molecule has 1 fully saturated rings. The van der Waals surface area contributed by atoms with Crippen LogP contribution < -0.4 is 5.73 Å². The Hall–Kier alpha value is -1.20. The van der Waals surface area contributed by atoms with Gasteiger partial charge in [0.05, 0.1) is 0 Å². The van der Waals surface area contributed by atoms with Gasteiger partial charge in [-0.25, -0.2) is 4.79 Å². The molecule has 1 aromatic carbocycles. The largest absolute Gasteiger partial charge is 0.444 e. The molecule has 1 aliphatic rings. The molecule has 2 N–H and O–H groups in total. The summed E-state index contributed by atoms with van der Waals surface area (Å²) in [6, 6.07) is 10.6. The number of thioether (sulfide) groups is 1. The van der Waals surface area contributed by atoms with Gasteiger partial charge in [-0.2, -0.15) is 0 Å². The maximum Gasteiger partial charge on any atom is 0.410 e. The van der Waals surface area contributed by atoms with Crippen molar-refractivity contribution in [2.75, 3.05) is 12.3 Å². The molecule has 1 amide bonds. The van der Waals surface area contributed by atoms with E-state index in [-0.39, 0.29) is 18.2 Å². The number of carbonyl (C=O) groups is 1. The molecule has 0 aliphatic carbocycles. The van der Waals surface area contributed by atoms with Gasteiger partial charge in [-0.15, -0.1) is 11.8 Å². The van der Waals surface area contributed by atoms with Crippen LogP contribution in [-0.2, 0) is 4.74 Å². The second-order valence-electron chi connectivity index (χ2n) is 7.09. The highest BCUT2D eigenvalue weighted by Gasteiger charge is 2.32. The molecule has 0 spiro atoms. The van der Waals surface area contributed by atoms with Gasteiger partial charge in [0.15, 0.2) is 0 Å². The number of hydrogen-bond acceptors (Lipinski definition) is 4. The lowest BCUT2D eigenvalue weighted by atomic mass is 10.1. The molecule has 23 heavy (non-hydrogen) atoms. The Kier molecular flexibility index (Phi) is 6.36. The minimum atomic E-state index is -0.449. The molecule has 1 aromatic rings. The Bertz CT molecular complexity index is 501. The van der Waals surface area contributed by atoms with Crippen LogP contribution in [0.5, 0.6) is 0 Å². The molecule has 1 aliphatic heterocycles. The Labute approximate surface area is 143 Å². The summed E-state index contributed by atoms with van der Waals surface area (Å²) in [6.07, 6.45) is 2.67. The van der Waals surface area contributed by atoms with E-state index in [4.69, 9.17) is 10.5 Å². The summed E-state index contributed by atoms with van der Waals surface area (Å²) in [5.74, 6) is 0.864. The first kappa shape index (κ1) is 18.1. The van der Waals surface area contributed by atoms with Crippen molar-refractivity contribution in [1.82, 2.24) is 4.90 Å². The number of hydrogen-bond donors (Lipinski definition) is 1. The lowest BCUT2D eigenvalue weighted by Crippen LogP contribution is -2.42. The van der Waals surface area contributed by atoms with Gasteiger partial charge in [0, 0.05) is 29.3 Å². The fourth-order valence-electron chi connectivity index (χ4n) is 2.78. The Balaban J connectivity index is 1.82. The number of carbonyl (C=O) groups excluding carboxylic acids is 1. The Morgan fingerprint density at radius 1 is 1.39 bits per heavy atom. The SMILES string of the molecule is CC(C)(C)OC(=O)N1CCC[C@H]1C[C@@H](N)CSc1ccccc1. The first-order valence-corrected chi connectivity index (χ1v) is 9.27. The zero-order valence-corrected chi connectivity index (χ0v) is 15.1. The lowest BCUT2D eigenvalue weighted by Gasteiger charge is -2.29. The van der Waals surface area contributed by atoms with Crippen LogP contribution in [0.4, 0.5) is 4.79 Å². The molecular weight excluding hydrogens is 308 g/mol. The van der Waals surface area contributed by atoms with Crippen LogP contribution in [0, 0.1) is 0 Å². The van der Waals surface area contributed by atoms with E-state index in [1.54, 1.807) is 11.8 Å². The molecule has 1 heterocycles. The lowest BCUT2D eigenvalue weighted by molar-refractivity contribution is 0.0217. The molecule has 0 unspecified atom stereocenters. The predicted octanol–water partition coefficient (Wildman–Crippen LogP) is 3.90. The molecule has 2 rings (SSSR count). The Morgan fingerprint density at radius 3 is 2.74 bits per heavy atom. The van der Waals surface area contributed by atoms with Crippen LogP contribution in [-0.4, -0.2) is 41.0 Å². The summed E-state index contributed by atoms with van der Waals surface area (Å²) < 4.78 is 5.50. The summed E-state index contributed by atoms with van der Waals surface area (Å²) in [7, 11) is 0. The quantitative estimate of drug-likeness (QED) is 0.829. The summed E-state index contributed by atoms with van der Waals surface area (Å²) in [6.45, 7) is 6.48. The second kappa shape index (κ2) is 8.06. The minimum absolute atomic E-state index is 0.0771. The highest BCUT2D eigenvalue weighted by atomic mass is 32.2. The van der Waals surface area contributed by atoms with Crippen molar-refractivity contribution < 1.29 is 9.53 Å². The van der Waals surface area contributed by atoms with Gasteiger partial charge in [0.1, 0.15) is 5.60 Å². The van der Waals surface area contributed by atoms with Gasteiger partial charge in [-0.05, 0) is 52.2 Å². The first-order chi connectivity index (χ1) is 10.8. The van der Waals surface area contributed by atoms with Crippen LogP contribution in [0.3, 0.4) is 0 Å². The first-order valence-electron chi connectivity index (χ1n) is 8.28. The van der Waals surface area contributed by atoms with Crippen molar-refractivity contribution in [2.45, 2.75) is 62.6 Å². The molecule has 0 bridgehead atoms. The zero-order chi connectivity index (χ0) is 16.9. The van der Waals surface area contributed by atoms with Gasteiger partial charge in [0.2, 0.25) is 0 Å². The van der Waals surface area contributed by atoms with Crippen molar-refractivity contribution in [2.24, 2.45) is 5.73 Å². The van der Waals surface area contributed by atoms with Crippen LogP contribution in [0.2, 0.25) is 0 Å².